The number of carbonyl (C=O) groups is 1. The van der Waals surface area contributed by atoms with E-state index < -0.39 is 0 Å². The number of fused-ring (bicyclic) bond motifs is 1. The zero-order chi connectivity index (χ0) is 16.0. The molecule has 2 aromatic heterocycles. The van der Waals surface area contributed by atoms with Gasteiger partial charge in [0.2, 0.25) is 0 Å². The van der Waals surface area contributed by atoms with Crippen LogP contribution in [0.25, 0.3) is 11.0 Å². The van der Waals surface area contributed by atoms with Gasteiger partial charge in [-0.25, -0.2) is 4.79 Å². The fraction of sp³-hybridized carbons (Fsp3) is 0.200. The number of anilines is 1. The van der Waals surface area contributed by atoms with Gasteiger partial charge in [-0.2, -0.15) is 0 Å². The van der Waals surface area contributed by atoms with E-state index in [9.17, 15) is 9.59 Å². The number of rotatable bonds is 2. The maximum absolute atomic E-state index is 12.2. The Labute approximate surface area is 134 Å². The van der Waals surface area contributed by atoms with E-state index in [1.165, 1.54) is 0 Å². The maximum atomic E-state index is 12.2. The highest BCUT2D eigenvalue weighted by atomic mass is 79.9. The lowest BCUT2D eigenvalue weighted by molar-refractivity contribution is 0.0995. The number of halogens is 1. The number of imidazole rings is 1. The fourth-order valence-electron chi connectivity index (χ4n) is 2.40. The Morgan fingerprint density at radius 1 is 1.18 bits per heavy atom. The van der Waals surface area contributed by atoms with Gasteiger partial charge in [-0.15, -0.1) is 0 Å². The van der Waals surface area contributed by atoms with Crippen molar-refractivity contribution in [1.82, 2.24) is 9.13 Å². The largest absolute Gasteiger partial charge is 0.444 e. The molecule has 0 bridgehead atoms. The summed E-state index contributed by atoms with van der Waals surface area (Å²) in [6.45, 7) is 1.88. The van der Waals surface area contributed by atoms with Crippen LogP contribution in [-0.4, -0.2) is 15.0 Å². The van der Waals surface area contributed by atoms with E-state index in [1.807, 2.05) is 13.0 Å². The van der Waals surface area contributed by atoms with Crippen molar-refractivity contribution in [3.8, 4) is 0 Å². The van der Waals surface area contributed by atoms with Gasteiger partial charge in [0.25, 0.3) is 5.91 Å². The molecule has 1 aromatic carbocycles. The third-order valence-electron chi connectivity index (χ3n) is 3.66. The van der Waals surface area contributed by atoms with Gasteiger partial charge in [-0.1, -0.05) is 0 Å². The Morgan fingerprint density at radius 3 is 2.41 bits per heavy atom. The molecule has 0 aliphatic carbocycles. The molecule has 0 unspecified atom stereocenters. The SMILES string of the molecule is Cc1cc2c(cc1NC(=O)c1ccc(Br)o1)n(C)c(=O)n2C. The van der Waals surface area contributed by atoms with Crippen molar-refractivity contribution < 1.29 is 9.21 Å². The van der Waals surface area contributed by atoms with Crippen molar-refractivity contribution in [3.63, 3.8) is 0 Å². The second-order valence-corrected chi connectivity index (χ2v) is 5.90. The normalized spacial score (nSPS) is 11.1. The Hall–Kier alpha value is -2.28. The van der Waals surface area contributed by atoms with Gasteiger partial charge in [0.05, 0.1) is 11.0 Å². The lowest BCUT2D eigenvalue weighted by Crippen LogP contribution is -2.19. The van der Waals surface area contributed by atoms with E-state index in [0.29, 0.717) is 10.4 Å². The third-order valence-corrected chi connectivity index (χ3v) is 4.09. The molecule has 1 N–H and O–H groups in total. The average molecular weight is 364 g/mol. The Balaban J connectivity index is 2.04. The standard InChI is InChI=1S/C15H14BrN3O3/c1-8-6-10-11(19(3)15(21)18(10)2)7-9(8)17-14(20)12-4-5-13(16)22-12/h4-7H,1-3H3,(H,17,20). The van der Waals surface area contributed by atoms with Gasteiger partial charge in [-0.3, -0.25) is 13.9 Å². The number of hydrogen-bond acceptors (Lipinski definition) is 3. The number of furan rings is 1. The smallest absolute Gasteiger partial charge is 0.328 e. The van der Waals surface area contributed by atoms with Crippen LogP contribution in [0, 0.1) is 6.92 Å². The highest BCUT2D eigenvalue weighted by Gasteiger charge is 2.15. The first-order valence-electron chi connectivity index (χ1n) is 6.61. The number of nitrogens with zero attached hydrogens (tertiary/aromatic N) is 2. The van der Waals surface area contributed by atoms with Gasteiger partial charge in [0, 0.05) is 19.8 Å². The quantitative estimate of drug-likeness (QED) is 0.760. The molecule has 0 saturated carbocycles. The number of benzene rings is 1. The molecule has 1 amide bonds. The van der Waals surface area contributed by atoms with Crippen molar-refractivity contribution in [2.45, 2.75) is 6.92 Å². The van der Waals surface area contributed by atoms with Crippen molar-refractivity contribution in [3.05, 3.63) is 50.7 Å². The molecule has 3 rings (SSSR count). The molecule has 22 heavy (non-hydrogen) atoms. The minimum Gasteiger partial charge on any atom is -0.444 e. The second-order valence-electron chi connectivity index (χ2n) is 5.11. The highest BCUT2D eigenvalue weighted by molar-refractivity contribution is 9.10. The summed E-state index contributed by atoms with van der Waals surface area (Å²) in [6.07, 6.45) is 0. The summed E-state index contributed by atoms with van der Waals surface area (Å²) in [5.74, 6) is -0.123. The summed E-state index contributed by atoms with van der Waals surface area (Å²) < 4.78 is 8.86. The topological polar surface area (TPSA) is 69.2 Å². The van der Waals surface area contributed by atoms with Crippen molar-refractivity contribution in [2.75, 3.05) is 5.32 Å². The number of aryl methyl sites for hydroxylation is 3. The molecule has 2 heterocycles. The zero-order valence-electron chi connectivity index (χ0n) is 12.3. The molecule has 3 aromatic rings. The molecule has 0 saturated heterocycles. The number of amides is 1. The molecule has 0 fully saturated rings. The van der Waals surface area contributed by atoms with E-state index >= 15 is 0 Å². The predicted octanol–water partition coefficient (Wildman–Crippen LogP) is 2.79. The van der Waals surface area contributed by atoms with E-state index in [1.54, 1.807) is 41.4 Å². The Morgan fingerprint density at radius 2 is 1.82 bits per heavy atom. The summed E-state index contributed by atoms with van der Waals surface area (Å²) in [5.41, 5.74) is 2.99. The molecular weight excluding hydrogens is 350 g/mol. The van der Waals surface area contributed by atoms with Crippen molar-refractivity contribution in [2.24, 2.45) is 14.1 Å². The van der Waals surface area contributed by atoms with Crippen LogP contribution in [0.1, 0.15) is 16.1 Å². The third kappa shape index (κ3) is 2.27. The van der Waals surface area contributed by atoms with Crippen LogP contribution in [0.15, 0.2) is 38.1 Å². The second kappa shape index (κ2) is 5.17. The minimum atomic E-state index is -0.339. The Bertz CT molecular complexity index is 949. The van der Waals surface area contributed by atoms with E-state index in [-0.39, 0.29) is 17.4 Å². The summed E-state index contributed by atoms with van der Waals surface area (Å²) in [4.78, 5) is 24.1. The summed E-state index contributed by atoms with van der Waals surface area (Å²) >= 11 is 3.17. The van der Waals surface area contributed by atoms with Gasteiger partial charge in [0.15, 0.2) is 10.4 Å². The van der Waals surface area contributed by atoms with Gasteiger partial charge < -0.3 is 9.73 Å². The predicted molar refractivity (Wildman–Crippen MR) is 87.3 cm³/mol. The summed E-state index contributed by atoms with van der Waals surface area (Å²) in [7, 11) is 3.43. The molecular formula is C15H14BrN3O3. The van der Waals surface area contributed by atoms with E-state index in [2.05, 4.69) is 21.2 Å². The van der Waals surface area contributed by atoms with Gasteiger partial charge in [-0.05, 0) is 52.7 Å². The van der Waals surface area contributed by atoms with E-state index in [0.717, 1.165) is 16.6 Å². The Kier molecular flexibility index (Phi) is 3.44. The summed E-state index contributed by atoms with van der Waals surface area (Å²) in [6, 6.07) is 6.92. The molecule has 6 nitrogen and oxygen atoms in total. The number of aromatic nitrogens is 2. The molecule has 0 spiro atoms. The molecule has 0 aliphatic heterocycles. The minimum absolute atomic E-state index is 0.104. The fourth-order valence-corrected chi connectivity index (χ4v) is 2.71. The van der Waals surface area contributed by atoms with Crippen LogP contribution >= 0.6 is 15.9 Å². The number of nitrogens with one attached hydrogen (secondary N) is 1. The van der Waals surface area contributed by atoms with Crippen LogP contribution in [-0.2, 0) is 14.1 Å². The van der Waals surface area contributed by atoms with Crippen molar-refractivity contribution in [1.29, 1.82) is 0 Å². The molecule has 114 valence electrons. The zero-order valence-corrected chi connectivity index (χ0v) is 13.9. The number of carbonyl (C=O) groups excluding carboxylic acids is 1. The maximum Gasteiger partial charge on any atom is 0.328 e. The van der Waals surface area contributed by atoms with Crippen LogP contribution in [0.2, 0.25) is 0 Å². The molecule has 0 aliphatic rings. The average Bonchev–Trinajstić information content (AvgIpc) is 3.00. The molecule has 0 atom stereocenters. The molecule has 0 radical (unpaired) electrons. The monoisotopic (exact) mass is 363 g/mol. The van der Waals surface area contributed by atoms with E-state index in [4.69, 9.17) is 4.42 Å². The molecule has 7 heteroatoms. The summed E-state index contributed by atoms with van der Waals surface area (Å²) in [5, 5.41) is 2.81. The van der Waals surface area contributed by atoms with Gasteiger partial charge >= 0.3 is 5.69 Å². The highest BCUT2D eigenvalue weighted by Crippen LogP contribution is 2.23. The van der Waals surface area contributed by atoms with Crippen LogP contribution in [0.4, 0.5) is 5.69 Å². The van der Waals surface area contributed by atoms with Gasteiger partial charge in [0.1, 0.15) is 0 Å². The van der Waals surface area contributed by atoms with Crippen molar-refractivity contribution >= 4 is 38.6 Å². The lowest BCUT2D eigenvalue weighted by Gasteiger charge is -2.08. The van der Waals surface area contributed by atoms with Crippen LogP contribution in [0.5, 0.6) is 0 Å². The lowest BCUT2D eigenvalue weighted by atomic mass is 10.1. The first kappa shape index (κ1) is 14.6. The number of hydrogen-bond donors (Lipinski definition) is 1. The van der Waals surface area contributed by atoms with Crippen LogP contribution in [0.3, 0.4) is 0 Å². The first-order chi connectivity index (χ1) is 10.4. The van der Waals surface area contributed by atoms with Crippen LogP contribution < -0.4 is 11.0 Å². The first-order valence-corrected chi connectivity index (χ1v) is 7.40.